The van der Waals surface area contributed by atoms with Gasteiger partial charge < -0.3 is 20.6 Å². The van der Waals surface area contributed by atoms with Crippen molar-refractivity contribution in [3.8, 4) is 0 Å². The molecule has 2 saturated carbocycles. The number of nitrogens with zero attached hydrogens (tertiary/aromatic N) is 9. The molecule has 0 bridgehead atoms. The first kappa shape index (κ1) is 34.3. The molecular formula is C36H32ClF3N12O. The number of hydrogen-bond acceptors (Lipinski definition) is 11. The number of imidazole rings is 1. The first-order valence-corrected chi connectivity index (χ1v) is 17.4. The molecule has 2 aliphatic rings. The van der Waals surface area contributed by atoms with Crippen molar-refractivity contribution in [1.29, 1.82) is 0 Å². The fraction of sp³-hybridized carbons (Fsp3) is 0.306. The van der Waals surface area contributed by atoms with Crippen LogP contribution in [0.2, 0.25) is 5.15 Å². The molecule has 0 atom stereocenters. The van der Waals surface area contributed by atoms with Gasteiger partial charge in [0.2, 0.25) is 5.82 Å². The Bertz CT molecular complexity index is 2500. The largest absolute Gasteiger partial charge is 0.449 e. The highest BCUT2D eigenvalue weighted by Crippen LogP contribution is 2.44. The van der Waals surface area contributed by atoms with E-state index in [-0.39, 0.29) is 22.2 Å². The number of aromatic amines is 1. The number of halogens is 4. The number of benzene rings is 2. The van der Waals surface area contributed by atoms with Gasteiger partial charge in [0.1, 0.15) is 23.7 Å². The van der Waals surface area contributed by atoms with Crippen LogP contribution in [0.3, 0.4) is 0 Å². The predicted molar refractivity (Wildman–Crippen MR) is 193 cm³/mol. The van der Waals surface area contributed by atoms with E-state index in [2.05, 4.69) is 50.2 Å². The van der Waals surface area contributed by atoms with E-state index in [1.54, 1.807) is 6.20 Å². The Morgan fingerprint density at radius 2 is 1.43 bits per heavy atom. The topological polar surface area (TPSA) is 179 Å². The summed E-state index contributed by atoms with van der Waals surface area (Å²) in [7, 11) is 0. The third-order valence-corrected chi connectivity index (χ3v) is 10.0. The lowest BCUT2D eigenvalue weighted by molar-refractivity contribution is -0.148. The van der Waals surface area contributed by atoms with Crippen LogP contribution < -0.4 is 16.6 Å². The Hall–Kier alpha value is -5.77. The Morgan fingerprint density at radius 3 is 2.06 bits per heavy atom. The maximum Gasteiger partial charge on any atom is 0.449 e. The van der Waals surface area contributed by atoms with Gasteiger partial charge in [-0.05, 0) is 49.7 Å². The van der Waals surface area contributed by atoms with Crippen molar-refractivity contribution in [1.82, 2.24) is 49.4 Å². The van der Waals surface area contributed by atoms with Crippen LogP contribution in [0, 0.1) is 11.8 Å². The summed E-state index contributed by atoms with van der Waals surface area (Å²) in [6.45, 7) is 0. The van der Waals surface area contributed by atoms with Crippen LogP contribution in [0.1, 0.15) is 49.2 Å². The SMILES string of the molecule is Nc1c(Cl)ncnc1NC1CC(Cc2ncc3ccccc3n2)C1.O=c1[nH]cnc2c1nc(C(F)(F)F)n2C1CC(Cc2ncc3ccccc3n2)C1. The molecule has 0 spiro atoms. The molecule has 0 unspecified atom stereocenters. The summed E-state index contributed by atoms with van der Waals surface area (Å²) in [6.07, 6.45) is 6.09. The Kier molecular flexibility index (Phi) is 9.06. The van der Waals surface area contributed by atoms with E-state index in [0.717, 1.165) is 57.8 Å². The van der Waals surface area contributed by atoms with Gasteiger partial charge in [-0.15, -0.1) is 0 Å². The molecule has 2 aromatic carbocycles. The van der Waals surface area contributed by atoms with Crippen molar-refractivity contribution in [2.24, 2.45) is 11.8 Å². The fourth-order valence-corrected chi connectivity index (χ4v) is 7.11. The molecule has 5 aromatic heterocycles. The molecule has 5 heterocycles. The van der Waals surface area contributed by atoms with Gasteiger partial charge in [0, 0.05) is 48.1 Å². The van der Waals surface area contributed by atoms with Crippen LogP contribution in [0.4, 0.5) is 24.7 Å². The summed E-state index contributed by atoms with van der Waals surface area (Å²) in [5.74, 6) is 1.83. The minimum absolute atomic E-state index is 0.0357. The molecule has 2 aliphatic carbocycles. The highest BCUT2D eigenvalue weighted by atomic mass is 35.5. The lowest BCUT2D eigenvalue weighted by atomic mass is 9.77. The fourth-order valence-electron chi connectivity index (χ4n) is 6.98. The van der Waals surface area contributed by atoms with E-state index in [1.165, 1.54) is 6.33 Å². The van der Waals surface area contributed by atoms with Crippen LogP contribution >= 0.6 is 11.6 Å². The second-order valence-corrected chi connectivity index (χ2v) is 13.8. The number of aromatic nitrogens is 10. The zero-order valence-corrected chi connectivity index (χ0v) is 28.8. The average Bonchev–Trinajstić information content (AvgIpc) is 3.52. The molecule has 17 heteroatoms. The van der Waals surface area contributed by atoms with Crippen LogP contribution in [0.25, 0.3) is 33.0 Å². The molecule has 0 aliphatic heterocycles. The Balaban J connectivity index is 0.000000154. The lowest BCUT2D eigenvalue weighted by Crippen LogP contribution is -2.37. The van der Waals surface area contributed by atoms with Gasteiger partial charge in [0.05, 0.1) is 17.4 Å². The number of nitrogens with two attached hydrogens (primary N) is 1. The van der Waals surface area contributed by atoms with Crippen molar-refractivity contribution in [2.45, 2.75) is 56.8 Å². The van der Waals surface area contributed by atoms with Gasteiger partial charge >= 0.3 is 6.18 Å². The Labute approximate surface area is 304 Å². The van der Waals surface area contributed by atoms with Crippen molar-refractivity contribution in [2.75, 3.05) is 11.1 Å². The van der Waals surface area contributed by atoms with Gasteiger partial charge in [-0.25, -0.2) is 39.9 Å². The van der Waals surface area contributed by atoms with Gasteiger partial charge in [0.15, 0.2) is 22.1 Å². The summed E-state index contributed by atoms with van der Waals surface area (Å²) in [5, 5.41) is 5.63. The number of hydrogen-bond donors (Lipinski definition) is 3. The van der Waals surface area contributed by atoms with Crippen molar-refractivity contribution in [3.63, 3.8) is 0 Å². The molecule has 9 rings (SSSR count). The average molecular weight is 741 g/mol. The van der Waals surface area contributed by atoms with Gasteiger partial charge in [-0.1, -0.05) is 48.0 Å². The van der Waals surface area contributed by atoms with Gasteiger partial charge in [0.25, 0.3) is 5.56 Å². The van der Waals surface area contributed by atoms with Gasteiger partial charge in [-0.3, -0.25) is 4.79 Å². The number of nitrogen functional groups attached to an aromatic ring is 1. The standard InChI is InChI=1S/C19H15F3N6O.C17H17ClN6/c20-19(21,22)18-27-15-16(24-9-25-17(15)29)28(18)12-5-10(6-12)7-14-23-8-11-3-1-2-4-13(11)26-14;18-16-15(19)17(22-9-21-16)23-12-5-10(6-12)7-14-20-8-11-3-1-2-4-13(11)24-14/h1-4,8-10,12H,5-7H2,(H,24,25,29);1-4,8-10,12H,5-7,19H2,(H,21,22,23). The number of alkyl halides is 3. The number of nitrogens with one attached hydrogen (secondary N) is 2. The number of anilines is 2. The molecule has 53 heavy (non-hydrogen) atoms. The second-order valence-electron chi connectivity index (χ2n) is 13.4. The summed E-state index contributed by atoms with van der Waals surface area (Å²) < 4.78 is 41.5. The molecule has 270 valence electrons. The van der Waals surface area contributed by atoms with Crippen molar-refractivity contribution in [3.05, 3.63) is 107 Å². The molecular weight excluding hydrogens is 709 g/mol. The quantitative estimate of drug-likeness (QED) is 0.155. The molecule has 13 nitrogen and oxygen atoms in total. The molecule has 2 fully saturated rings. The summed E-state index contributed by atoms with van der Waals surface area (Å²) in [4.78, 5) is 47.6. The number of para-hydroxylation sites is 2. The van der Waals surface area contributed by atoms with Crippen molar-refractivity contribution < 1.29 is 13.2 Å². The van der Waals surface area contributed by atoms with Crippen molar-refractivity contribution >= 4 is 56.1 Å². The van der Waals surface area contributed by atoms with E-state index in [4.69, 9.17) is 17.3 Å². The van der Waals surface area contributed by atoms with Crippen LogP contribution in [0.15, 0.2) is 78.4 Å². The van der Waals surface area contributed by atoms with E-state index in [0.29, 0.717) is 48.6 Å². The smallest absolute Gasteiger partial charge is 0.393 e. The lowest BCUT2D eigenvalue weighted by Gasteiger charge is -2.37. The zero-order valence-electron chi connectivity index (χ0n) is 28.0. The first-order valence-electron chi connectivity index (χ1n) is 17.1. The van der Waals surface area contributed by atoms with E-state index >= 15 is 0 Å². The molecule has 4 N–H and O–H groups in total. The number of rotatable bonds is 7. The molecule has 7 aromatic rings. The van der Waals surface area contributed by atoms with E-state index < -0.39 is 23.6 Å². The summed E-state index contributed by atoms with van der Waals surface area (Å²) in [6, 6.07) is 15.6. The van der Waals surface area contributed by atoms with E-state index in [9.17, 15) is 18.0 Å². The summed E-state index contributed by atoms with van der Waals surface area (Å²) in [5.41, 5.74) is 7.12. The Morgan fingerprint density at radius 1 is 0.830 bits per heavy atom. The molecule has 0 amide bonds. The third-order valence-electron chi connectivity index (χ3n) is 9.75. The number of H-pyrrole nitrogens is 1. The monoisotopic (exact) mass is 740 g/mol. The normalized spacial score (nSPS) is 19.7. The van der Waals surface area contributed by atoms with Crippen LogP contribution in [-0.4, -0.2) is 55.5 Å². The maximum atomic E-state index is 13.5. The maximum absolute atomic E-state index is 13.5. The minimum Gasteiger partial charge on any atom is -0.393 e. The van der Waals surface area contributed by atoms with E-state index in [1.807, 2.05) is 54.7 Å². The predicted octanol–water partition coefficient (Wildman–Crippen LogP) is 6.36. The van der Waals surface area contributed by atoms with Crippen LogP contribution in [0.5, 0.6) is 0 Å². The third kappa shape index (κ3) is 7.18. The molecule has 0 radical (unpaired) electrons. The summed E-state index contributed by atoms with van der Waals surface area (Å²) >= 11 is 5.91. The zero-order chi connectivity index (χ0) is 36.7. The van der Waals surface area contributed by atoms with Crippen LogP contribution in [-0.2, 0) is 19.0 Å². The van der Waals surface area contributed by atoms with Gasteiger partial charge in [-0.2, -0.15) is 13.2 Å². The first-order chi connectivity index (χ1) is 25.6. The number of fused-ring (bicyclic) bond motifs is 3. The highest BCUT2D eigenvalue weighted by Gasteiger charge is 2.43. The molecule has 0 saturated heterocycles. The second kappa shape index (κ2) is 14.0. The minimum atomic E-state index is -4.67. The highest BCUT2D eigenvalue weighted by molar-refractivity contribution is 6.32.